The van der Waals surface area contributed by atoms with Crippen molar-refractivity contribution in [3.05, 3.63) is 57.8 Å². The highest BCUT2D eigenvalue weighted by molar-refractivity contribution is 9.10. The molecule has 2 rings (SSSR count). The van der Waals surface area contributed by atoms with Crippen LogP contribution in [-0.4, -0.2) is 13.2 Å². The van der Waals surface area contributed by atoms with Crippen molar-refractivity contribution in [1.29, 1.82) is 0 Å². The Morgan fingerprint density at radius 2 is 1.92 bits per heavy atom. The first-order chi connectivity index (χ1) is 12.0. The third-order valence-electron chi connectivity index (χ3n) is 3.58. The Morgan fingerprint density at radius 3 is 2.60 bits per heavy atom. The van der Waals surface area contributed by atoms with Gasteiger partial charge in [0.15, 0.2) is 11.5 Å². The zero-order chi connectivity index (χ0) is 18.2. The molecule has 5 heteroatoms. The summed E-state index contributed by atoms with van der Waals surface area (Å²) in [6.45, 7) is 8.67. The molecule has 3 nitrogen and oxygen atoms in total. The zero-order valence-corrected chi connectivity index (χ0v) is 16.5. The summed E-state index contributed by atoms with van der Waals surface area (Å²) in [5, 5.41) is 3.42. The van der Waals surface area contributed by atoms with Crippen LogP contribution < -0.4 is 14.8 Å². The van der Waals surface area contributed by atoms with Gasteiger partial charge < -0.3 is 14.8 Å². The van der Waals surface area contributed by atoms with E-state index < -0.39 is 0 Å². The fourth-order valence-corrected chi connectivity index (χ4v) is 3.00. The Labute approximate surface area is 157 Å². The van der Waals surface area contributed by atoms with Gasteiger partial charge in [0.2, 0.25) is 0 Å². The Hall–Kier alpha value is -1.59. The standard InChI is InChI=1S/C20H25BrFNO2/c1-4-24-19-10-15(12-23-11-14(2)3)9-17(21)20(19)25-13-16-7-5-6-8-18(16)22/h5-10,14,23H,4,11-13H2,1-3H3. The first kappa shape index (κ1) is 19.7. The summed E-state index contributed by atoms with van der Waals surface area (Å²) < 4.78 is 26.2. The Kier molecular flexibility index (Phi) is 7.72. The van der Waals surface area contributed by atoms with Gasteiger partial charge in [-0.15, -0.1) is 0 Å². The van der Waals surface area contributed by atoms with Crippen LogP contribution >= 0.6 is 15.9 Å². The van der Waals surface area contributed by atoms with Crippen molar-refractivity contribution in [3.63, 3.8) is 0 Å². The average Bonchev–Trinajstić information content (AvgIpc) is 2.55. The normalized spacial score (nSPS) is 11.0. The van der Waals surface area contributed by atoms with E-state index in [0.29, 0.717) is 29.6 Å². The molecule has 2 aromatic rings. The lowest BCUT2D eigenvalue weighted by molar-refractivity contribution is 0.264. The van der Waals surface area contributed by atoms with Crippen LogP contribution in [0.15, 0.2) is 40.9 Å². The van der Waals surface area contributed by atoms with Gasteiger partial charge in [0.25, 0.3) is 0 Å². The maximum Gasteiger partial charge on any atom is 0.175 e. The number of ether oxygens (including phenoxy) is 2. The van der Waals surface area contributed by atoms with E-state index in [2.05, 4.69) is 35.1 Å². The van der Waals surface area contributed by atoms with Gasteiger partial charge in [-0.1, -0.05) is 32.0 Å². The maximum absolute atomic E-state index is 13.8. The second kappa shape index (κ2) is 9.78. The number of halogens is 2. The van der Waals surface area contributed by atoms with Gasteiger partial charge in [-0.25, -0.2) is 4.39 Å². The molecule has 136 valence electrons. The molecule has 0 amide bonds. The molecule has 0 aliphatic heterocycles. The molecule has 0 aliphatic rings. The molecule has 0 fully saturated rings. The van der Waals surface area contributed by atoms with E-state index in [4.69, 9.17) is 9.47 Å². The zero-order valence-electron chi connectivity index (χ0n) is 14.9. The number of benzene rings is 2. The van der Waals surface area contributed by atoms with Crippen molar-refractivity contribution in [2.75, 3.05) is 13.2 Å². The monoisotopic (exact) mass is 409 g/mol. The molecule has 1 N–H and O–H groups in total. The summed E-state index contributed by atoms with van der Waals surface area (Å²) in [6, 6.07) is 10.6. The van der Waals surface area contributed by atoms with Crippen LogP contribution in [0.2, 0.25) is 0 Å². The minimum Gasteiger partial charge on any atom is -0.490 e. The third kappa shape index (κ3) is 6.01. The van der Waals surface area contributed by atoms with E-state index in [9.17, 15) is 4.39 Å². The van der Waals surface area contributed by atoms with Crippen LogP contribution in [-0.2, 0) is 13.2 Å². The van der Waals surface area contributed by atoms with Crippen LogP contribution in [0.25, 0.3) is 0 Å². The molecule has 0 spiro atoms. The van der Waals surface area contributed by atoms with Crippen LogP contribution in [0.5, 0.6) is 11.5 Å². The van der Waals surface area contributed by atoms with E-state index in [1.54, 1.807) is 18.2 Å². The van der Waals surface area contributed by atoms with Crippen molar-refractivity contribution in [1.82, 2.24) is 5.32 Å². The van der Waals surface area contributed by atoms with E-state index in [-0.39, 0.29) is 12.4 Å². The smallest absolute Gasteiger partial charge is 0.175 e. The first-order valence-electron chi connectivity index (χ1n) is 8.53. The Bertz CT molecular complexity index is 691. The summed E-state index contributed by atoms with van der Waals surface area (Å²) in [6.07, 6.45) is 0. The molecule has 0 saturated carbocycles. The molecule has 25 heavy (non-hydrogen) atoms. The van der Waals surface area contributed by atoms with Crippen LogP contribution in [0.3, 0.4) is 0 Å². The Balaban J connectivity index is 2.14. The van der Waals surface area contributed by atoms with E-state index in [0.717, 1.165) is 23.1 Å². The van der Waals surface area contributed by atoms with Crippen molar-refractivity contribution < 1.29 is 13.9 Å². The lowest BCUT2D eigenvalue weighted by Gasteiger charge is -2.16. The minimum atomic E-state index is -0.272. The number of rotatable bonds is 9. The van der Waals surface area contributed by atoms with Crippen molar-refractivity contribution >= 4 is 15.9 Å². The average molecular weight is 410 g/mol. The molecule has 0 aromatic heterocycles. The maximum atomic E-state index is 13.8. The van der Waals surface area contributed by atoms with Crippen LogP contribution in [0.4, 0.5) is 4.39 Å². The SMILES string of the molecule is CCOc1cc(CNCC(C)C)cc(Br)c1OCc1ccccc1F. The number of nitrogens with one attached hydrogen (secondary N) is 1. The van der Waals surface area contributed by atoms with Crippen LogP contribution in [0, 0.1) is 11.7 Å². The minimum absolute atomic E-state index is 0.149. The number of hydrogen-bond donors (Lipinski definition) is 1. The largest absolute Gasteiger partial charge is 0.490 e. The lowest BCUT2D eigenvalue weighted by Crippen LogP contribution is -2.19. The topological polar surface area (TPSA) is 30.5 Å². The van der Waals surface area contributed by atoms with Crippen molar-refractivity contribution in [2.24, 2.45) is 5.92 Å². The quantitative estimate of drug-likeness (QED) is 0.608. The summed E-state index contributed by atoms with van der Waals surface area (Å²) in [5.74, 6) is 1.58. The second-order valence-electron chi connectivity index (χ2n) is 6.24. The van der Waals surface area contributed by atoms with Crippen LogP contribution in [0.1, 0.15) is 31.9 Å². The van der Waals surface area contributed by atoms with Gasteiger partial charge in [0, 0.05) is 12.1 Å². The molecule has 0 heterocycles. The molecule has 0 bridgehead atoms. The highest BCUT2D eigenvalue weighted by Crippen LogP contribution is 2.37. The summed E-state index contributed by atoms with van der Waals surface area (Å²) in [7, 11) is 0. The molecule has 0 atom stereocenters. The predicted octanol–water partition coefficient (Wildman–Crippen LogP) is 5.31. The summed E-state index contributed by atoms with van der Waals surface area (Å²) >= 11 is 3.55. The van der Waals surface area contributed by atoms with Gasteiger partial charge in [0.05, 0.1) is 11.1 Å². The lowest BCUT2D eigenvalue weighted by atomic mass is 10.1. The second-order valence-corrected chi connectivity index (χ2v) is 7.10. The van der Waals surface area contributed by atoms with Gasteiger partial charge >= 0.3 is 0 Å². The summed E-state index contributed by atoms with van der Waals surface area (Å²) in [5.41, 5.74) is 1.62. The van der Waals surface area contributed by atoms with Crippen molar-refractivity contribution in [2.45, 2.75) is 33.9 Å². The van der Waals surface area contributed by atoms with Crippen molar-refractivity contribution in [3.8, 4) is 11.5 Å². The Morgan fingerprint density at radius 1 is 1.16 bits per heavy atom. The van der Waals surface area contributed by atoms with Gasteiger partial charge in [-0.3, -0.25) is 0 Å². The van der Waals surface area contributed by atoms with Gasteiger partial charge in [-0.05, 0) is 59.1 Å². The van der Waals surface area contributed by atoms with E-state index in [1.807, 2.05) is 19.1 Å². The number of hydrogen-bond acceptors (Lipinski definition) is 3. The molecule has 0 radical (unpaired) electrons. The molecular formula is C20H25BrFNO2. The first-order valence-corrected chi connectivity index (χ1v) is 9.32. The molecule has 2 aromatic carbocycles. The molecule has 0 aliphatic carbocycles. The predicted molar refractivity (Wildman–Crippen MR) is 103 cm³/mol. The fraction of sp³-hybridized carbons (Fsp3) is 0.400. The summed E-state index contributed by atoms with van der Waals surface area (Å²) in [4.78, 5) is 0. The highest BCUT2D eigenvalue weighted by Gasteiger charge is 2.13. The van der Waals surface area contributed by atoms with Gasteiger partial charge in [0.1, 0.15) is 12.4 Å². The van der Waals surface area contributed by atoms with E-state index >= 15 is 0 Å². The molecule has 0 unspecified atom stereocenters. The molecular weight excluding hydrogens is 385 g/mol. The molecule has 0 saturated heterocycles. The third-order valence-corrected chi connectivity index (χ3v) is 4.17. The highest BCUT2D eigenvalue weighted by atomic mass is 79.9. The fourth-order valence-electron chi connectivity index (χ4n) is 2.40. The van der Waals surface area contributed by atoms with E-state index in [1.165, 1.54) is 6.07 Å². The van der Waals surface area contributed by atoms with Gasteiger partial charge in [-0.2, -0.15) is 0 Å².